The number of Topliss-reactive ketones (excluding diaryl/α,β-unsaturated/α-hetero) is 1. The van der Waals surface area contributed by atoms with Gasteiger partial charge in [0.1, 0.15) is 5.75 Å². The number of rotatable bonds is 5. The molecule has 4 heteroatoms. The molecule has 0 spiro atoms. The third-order valence-corrected chi connectivity index (χ3v) is 2.15. The van der Waals surface area contributed by atoms with Crippen LogP contribution in [0.15, 0.2) is 18.2 Å². The molecule has 0 amide bonds. The molecule has 0 N–H and O–H groups in total. The number of ether oxygens (including phenoxy) is 1. The summed E-state index contributed by atoms with van der Waals surface area (Å²) in [5, 5.41) is 0. The highest BCUT2D eigenvalue weighted by Gasteiger charge is 2.20. The average molecular weight is 228 g/mol. The zero-order valence-corrected chi connectivity index (χ0v) is 9.30. The van der Waals surface area contributed by atoms with Gasteiger partial charge in [-0.05, 0) is 31.0 Å². The summed E-state index contributed by atoms with van der Waals surface area (Å²) in [6.07, 6.45) is -2.15. The van der Waals surface area contributed by atoms with Crippen LogP contribution in [0.4, 0.5) is 8.78 Å². The smallest absolute Gasteiger partial charge is 0.300 e. The first kappa shape index (κ1) is 12.6. The SMILES string of the molecule is CCCOc1ccc(C)c(C(=O)C(F)F)c1. The molecule has 1 aromatic carbocycles. The first-order valence-corrected chi connectivity index (χ1v) is 5.12. The summed E-state index contributed by atoms with van der Waals surface area (Å²) in [4.78, 5) is 11.2. The highest BCUT2D eigenvalue weighted by Crippen LogP contribution is 2.20. The minimum absolute atomic E-state index is 0.0311. The third kappa shape index (κ3) is 3.02. The molecule has 0 heterocycles. The van der Waals surface area contributed by atoms with Crippen molar-refractivity contribution in [3.05, 3.63) is 29.3 Å². The van der Waals surface area contributed by atoms with Crippen molar-refractivity contribution in [3.8, 4) is 5.75 Å². The van der Waals surface area contributed by atoms with E-state index in [-0.39, 0.29) is 5.56 Å². The van der Waals surface area contributed by atoms with E-state index in [1.165, 1.54) is 6.07 Å². The van der Waals surface area contributed by atoms with Crippen LogP contribution in [0.25, 0.3) is 0 Å². The van der Waals surface area contributed by atoms with E-state index in [1.807, 2.05) is 6.92 Å². The highest BCUT2D eigenvalue weighted by molar-refractivity contribution is 6.00. The molecule has 0 bridgehead atoms. The van der Waals surface area contributed by atoms with E-state index in [1.54, 1.807) is 19.1 Å². The van der Waals surface area contributed by atoms with Crippen molar-refractivity contribution in [1.82, 2.24) is 0 Å². The number of hydrogen-bond donors (Lipinski definition) is 0. The molecular formula is C12H14F2O2. The Morgan fingerprint density at radius 1 is 1.44 bits per heavy atom. The number of ketones is 1. The zero-order chi connectivity index (χ0) is 12.1. The number of carbonyl (C=O) groups is 1. The molecule has 16 heavy (non-hydrogen) atoms. The molecule has 0 aromatic heterocycles. The number of benzene rings is 1. The lowest BCUT2D eigenvalue weighted by molar-refractivity contribution is 0.0677. The summed E-state index contributed by atoms with van der Waals surface area (Å²) in [6.45, 7) is 4.07. The minimum atomic E-state index is -2.97. The van der Waals surface area contributed by atoms with Crippen molar-refractivity contribution >= 4 is 5.78 Å². The van der Waals surface area contributed by atoms with E-state index in [2.05, 4.69) is 0 Å². The molecule has 1 rings (SSSR count). The Bertz CT molecular complexity index is 375. The highest BCUT2D eigenvalue weighted by atomic mass is 19.3. The molecule has 0 aliphatic carbocycles. The lowest BCUT2D eigenvalue weighted by atomic mass is 10.0. The number of aryl methyl sites for hydroxylation is 1. The Labute approximate surface area is 93.2 Å². The Balaban J connectivity index is 2.94. The Kier molecular flexibility index (Phi) is 4.40. The second-order valence-electron chi connectivity index (χ2n) is 3.49. The van der Waals surface area contributed by atoms with Gasteiger partial charge in [0, 0.05) is 5.56 Å². The lowest BCUT2D eigenvalue weighted by Crippen LogP contribution is -2.12. The van der Waals surface area contributed by atoms with Gasteiger partial charge in [0.2, 0.25) is 5.78 Å². The Morgan fingerprint density at radius 3 is 2.69 bits per heavy atom. The summed E-state index contributed by atoms with van der Waals surface area (Å²) in [6, 6.07) is 4.66. The van der Waals surface area contributed by atoms with Crippen molar-refractivity contribution in [2.75, 3.05) is 6.61 Å². The molecular weight excluding hydrogens is 214 g/mol. The average Bonchev–Trinajstić information content (AvgIpc) is 2.27. The molecule has 0 saturated heterocycles. The van der Waals surface area contributed by atoms with E-state index < -0.39 is 12.2 Å². The number of hydrogen-bond acceptors (Lipinski definition) is 2. The molecule has 0 radical (unpaired) electrons. The summed E-state index contributed by atoms with van der Waals surface area (Å²) in [5.41, 5.74) is 0.567. The van der Waals surface area contributed by atoms with Gasteiger partial charge in [-0.2, -0.15) is 0 Å². The van der Waals surface area contributed by atoms with Crippen molar-refractivity contribution in [1.29, 1.82) is 0 Å². The van der Waals surface area contributed by atoms with Gasteiger partial charge < -0.3 is 4.74 Å². The molecule has 0 atom stereocenters. The van der Waals surface area contributed by atoms with Crippen LogP contribution in [0.5, 0.6) is 5.75 Å². The Hall–Kier alpha value is -1.45. The van der Waals surface area contributed by atoms with Crippen molar-refractivity contribution in [3.63, 3.8) is 0 Å². The van der Waals surface area contributed by atoms with Crippen molar-refractivity contribution in [2.45, 2.75) is 26.7 Å². The van der Waals surface area contributed by atoms with Crippen LogP contribution in [0.1, 0.15) is 29.3 Å². The summed E-state index contributed by atoms with van der Waals surface area (Å²) < 4.78 is 29.9. The van der Waals surface area contributed by atoms with Crippen LogP contribution in [-0.4, -0.2) is 18.8 Å². The fourth-order valence-electron chi connectivity index (χ4n) is 1.29. The number of carbonyl (C=O) groups excluding carboxylic acids is 1. The van der Waals surface area contributed by atoms with Gasteiger partial charge in [0.05, 0.1) is 6.61 Å². The number of alkyl halides is 2. The van der Waals surface area contributed by atoms with Gasteiger partial charge in [-0.25, -0.2) is 8.78 Å². The van der Waals surface area contributed by atoms with Crippen LogP contribution in [0.2, 0.25) is 0 Å². The maximum Gasteiger partial charge on any atom is 0.300 e. The van der Waals surface area contributed by atoms with Gasteiger partial charge in [-0.1, -0.05) is 13.0 Å². The molecule has 88 valence electrons. The predicted octanol–water partition coefficient (Wildman–Crippen LogP) is 3.23. The Morgan fingerprint density at radius 2 is 2.12 bits per heavy atom. The van der Waals surface area contributed by atoms with Crippen LogP contribution < -0.4 is 4.74 Å². The first-order chi connectivity index (χ1) is 7.56. The van der Waals surface area contributed by atoms with Crippen LogP contribution in [-0.2, 0) is 0 Å². The summed E-state index contributed by atoms with van der Waals surface area (Å²) in [5.74, 6) is -0.698. The van der Waals surface area contributed by atoms with Gasteiger partial charge in [0.25, 0.3) is 0 Å². The monoisotopic (exact) mass is 228 g/mol. The predicted molar refractivity (Wildman–Crippen MR) is 57.3 cm³/mol. The van der Waals surface area contributed by atoms with E-state index in [0.717, 1.165) is 6.42 Å². The molecule has 0 unspecified atom stereocenters. The van der Waals surface area contributed by atoms with Crippen LogP contribution >= 0.6 is 0 Å². The fraction of sp³-hybridized carbons (Fsp3) is 0.417. The van der Waals surface area contributed by atoms with E-state index >= 15 is 0 Å². The van der Waals surface area contributed by atoms with E-state index in [9.17, 15) is 13.6 Å². The molecule has 0 aliphatic heterocycles. The van der Waals surface area contributed by atoms with Crippen LogP contribution in [0, 0.1) is 6.92 Å². The van der Waals surface area contributed by atoms with Gasteiger partial charge in [-0.15, -0.1) is 0 Å². The second-order valence-corrected chi connectivity index (χ2v) is 3.49. The maximum atomic E-state index is 12.3. The molecule has 0 fully saturated rings. The van der Waals surface area contributed by atoms with Crippen molar-refractivity contribution < 1.29 is 18.3 Å². The largest absolute Gasteiger partial charge is 0.494 e. The van der Waals surface area contributed by atoms with Gasteiger partial charge in [0.15, 0.2) is 0 Å². The summed E-state index contributed by atoms with van der Waals surface area (Å²) >= 11 is 0. The standard InChI is InChI=1S/C12H14F2O2/c1-3-6-16-9-5-4-8(2)10(7-9)11(15)12(13)14/h4-5,7,12H,3,6H2,1-2H3. The van der Waals surface area contributed by atoms with E-state index in [4.69, 9.17) is 4.74 Å². The minimum Gasteiger partial charge on any atom is -0.494 e. The third-order valence-electron chi connectivity index (χ3n) is 2.15. The first-order valence-electron chi connectivity index (χ1n) is 5.12. The fourth-order valence-corrected chi connectivity index (χ4v) is 1.29. The number of halogens is 2. The molecule has 2 nitrogen and oxygen atoms in total. The second kappa shape index (κ2) is 5.58. The quantitative estimate of drug-likeness (QED) is 0.723. The molecule has 1 aromatic rings. The van der Waals surface area contributed by atoms with Gasteiger partial charge >= 0.3 is 6.43 Å². The molecule has 0 aliphatic rings. The van der Waals surface area contributed by atoms with E-state index in [0.29, 0.717) is 17.9 Å². The zero-order valence-electron chi connectivity index (χ0n) is 9.30. The normalized spacial score (nSPS) is 10.6. The van der Waals surface area contributed by atoms with Crippen LogP contribution in [0.3, 0.4) is 0 Å². The molecule has 0 saturated carbocycles. The topological polar surface area (TPSA) is 26.3 Å². The van der Waals surface area contributed by atoms with Crippen molar-refractivity contribution in [2.24, 2.45) is 0 Å². The maximum absolute atomic E-state index is 12.3. The lowest BCUT2D eigenvalue weighted by Gasteiger charge is -2.08. The van der Waals surface area contributed by atoms with Gasteiger partial charge in [-0.3, -0.25) is 4.79 Å². The summed E-state index contributed by atoms with van der Waals surface area (Å²) in [7, 11) is 0.